The van der Waals surface area contributed by atoms with Crippen LogP contribution in [0.15, 0.2) is 0 Å². The number of amides is 1. The van der Waals surface area contributed by atoms with Crippen molar-refractivity contribution in [1.29, 1.82) is 0 Å². The molecule has 1 saturated carbocycles. The molecule has 0 unspecified atom stereocenters. The topological polar surface area (TPSA) is 46.6 Å². The first kappa shape index (κ1) is 16.0. The number of carbonyl (C=O) groups is 2. The van der Waals surface area contributed by atoms with E-state index in [9.17, 15) is 9.59 Å². The van der Waals surface area contributed by atoms with E-state index in [1.54, 1.807) is 0 Å². The largest absolute Gasteiger partial charge is 0.460 e. The quantitative estimate of drug-likeness (QED) is 0.668. The van der Waals surface area contributed by atoms with Crippen LogP contribution in [0.2, 0.25) is 0 Å². The average molecular weight is 269 g/mol. The molecule has 0 N–H and O–H groups in total. The van der Waals surface area contributed by atoms with Crippen LogP contribution in [0.4, 0.5) is 0 Å². The van der Waals surface area contributed by atoms with Crippen molar-refractivity contribution in [2.75, 3.05) is 6.54 Å². The number of hydrogen-bond acceptors (Lipinski definition) is 3. The summed E-state index contributed by atoms with van der Waals surface area (Å²) in [5, 5.41) is 0. The molecule has 4 heteroatoms. The van der Waals surface area contributed by atoms with Crippen molar-refractivity contribution in [3.05, 3.63) is 0 Å². The highest BCUT2D eigenvalue weighted by molar-refractivity contribution is 5.81. The molecule has 4 nitrogen and oxygen atoms in total. The molecule has 110 valence electrons. The summed E-state index contributed by atoms with van der Waals surface area (Å²) in [5.41, 5.74) is -0.474. The van der Waals surface area contributed by atoms with Crippen molar-refractivity contribution in [3.8, 4) is 0 Å². The maximum absolute atomic E-state index is 12.1. The SMILES string of the molecule is CCCCN(C(=O)CCC(=O)OC(C)(C)C)C1CC1. The lowest BCUT2D eigenvalue weighted by atomic mass is 10.2. The van der Waals surface area contributed by atoms with Crippen LogP contribution in [0, 0.1) is 0 Å². The van der Waals surface area contributed by atoms with Gasteiger partial charge in [-0.15, -0.1) is 0 Å². The molecular formula is C15H27NO3. The first-order chi connectivity index (χ1) is 8.83. The zero-order chi connectivity index (χ0) is 14.5. The Morgan fingerprint density at radius 1 is 1.21 bits per heavy atom. The highest BCUT2D eigenvalue weighted by Crippen LogP contribution is 2.28. The molecule has 0 spiro atoms. The van der Waals surface area contributed by atoms with E-state index in [2.05, 4.69) is 6.92 Å². The van der Waals surface area contributed by atoms with E-state index in [0.717, 1.165) is 32.2 Å². The first-order valence-electron chi connectivity index (χ1n) is 7.35. The van der Waals surface area contributed by atoms with E-state index < -0.39 is 5.60 Å². The summed E-state index contributed by atoms with van der Waals surface area (Å²) in [7, 11) is 0. The van der Waals surface area contributed by atoms with E-state index >= 15 is 0 Å². The summed E-state index contributed by atoms with van der Waals surface area (Å²) in [6.07, 6.45) is 4.81. The predicted octanol–water partition coefficient (Wildman–Crippen LogP) is 2.90. The standard InChI is InChI=1S/C15H27NO3/c1-5-6-11-16(12-7-8-12)13(17)9-10-14(18)19-15(2,3)4/h12H,5-11H2,1-4H3. The Hall–Kier alpha value is -1.06. The van der Waals surface area contributed by atoms with Crippen LogP contribution < -0.4 is 0 Å². The minimum absolute atomic E-state index is 0.0989. The maximum Gasteiger partial charge on any atom is 0.306 e. The fraction of sp³-hybridized carbons (Fsp3) is 0.867. The van der Waals surface area contributed by atoms with Gasteiger partial charge in [0.2, 0.25) is 5.91 Å². The molecule has 0 heterocycles. The summed E-state index contributed by atoms with van der Waals surface area (Å²) in [6.45, 7) is 8.46. The molecule has 0 aromatic carbocycles. The Balaban J connectivity index is 2.33. The second kappa shape index (κ2) is 6.92. The zero-order valence-corrected chi connectivity index (χ0v) is 12.7. The molecule has 1 aliphatic carbocycles. The maximum atomic E-state index is 12.1. The Labute approximate surface area is 116 Å². The number of hydrogen-bond donors (Lipinski definition) is 0. The third-order valence-corrected chi connectivity index (χ3v) is 3.02. The molecule has 0 saturated heterocycles. The molecule has 0 aromatic heterocycles. The van der Waals surface area contributed by atoms with E-state index in [4.69, 9.17) is 4.74 Å². The van der Waals surface area contributed by atoms with Gasteiger partial charge in [-0.05, 0) is 40.0 Å². The summed E-state index contributed by atoms with van der Waals surface area (Å²) in [6, 6.07) is 0.428. The highest BCUT2D eigenvalue weighted by Gasteiger charge is 2.32. The molecule has 0 radical (unpaired) electrons. The Kier molecular flexibility index (Phi) is 5.83. The van der Waals surface area contributed by atoms with Crippen LogP contribution in [0.25, 0.3) is 0 Å². The number of unbranched alkanes of at least 4 members (excludes halogenated alkanes) is 1. The summed E-state index contributed by atoms with van der Waals surface area (Å²) in [4.78, 5) is 25.7. The van der Waals surface area contributed by atoms with Gasteiger partial charge in [-0.2, -0.15) is 0 Å². The summed E-state index contributed by atoms with van der Waals surface area (Å²) < 4.78 is 5.22. The number of esters is 1. The van der Waals surface area contributed by atoms with Crippen molar-refractivity contribution in [2.24, 2.45) is 0 Å². The Bertz CT molecular complexity index is 316. The molecule has 0 atom stereocenters. The lowest BCUT2D eigenvalue weighted by Crippen LogP contribution is -2.34. The molecule has 0 aromatic rings. The van der Waals surface area contributed by atoms with Gasteiger partial charge in [0.25, 0.3) is 0 Å². The van der Waals surface area contributed by atoms with Gasteiger partial charge in [-0.1, -0.05) is 13.3 Å². The molecule has 0 aliphatic heterocycles. The van der Waals surface area contributed by atoms with Crippen LogP contribution in [0.5, 0.6) is 0 Å². The van der Waals surface area contributed by atoms with Crippen LogP contribution >= 0.6 is 0 Å². The van der Waals surface area contributed by atoms with Gasteiger partial charge in [-0.3, -0.25) is 9.59 Å². The first-order valence-corrected chi connectivity index (χ1v) is 7.35. The molecule has 1 rings (SSSR count). The van der Waals surface area contributed by atoms with Crippen molar-refractivity contribution in [2.45, 2.75) is 77.9 Å². The van der Waals surface area contributed by atoms with Crippen LogP contribution in [0.3, 0.4) is 0 Å². The second-order valence-electron chi connectivity index (χ2n) is 6.26. The van der Waals surface area contributed by atoms with Crippen molar-refractivity contribution in [3.63, 3.8) is 0 Å². The molecule has 1 fully saturated rings. The lowest BCUT2D eigenvalue weighted by molar-refractivity contribution is -0.156. The summed E-state index contributed by atoms with van der Waals surface area (Å²) in [5.74, 6) is -0.186. The van der Waals surface area contributed by atoms with Crippen LogP contribution in [0.1, 0.15) is 66.2 Å². The van der Waals surface area contributed by atoms with Crippen LogP contribution in [-0.2, 0) is 14.3 Å². The lowest BCUT2D eigenvalue weighted by Gasteiger charge is -2.23. The monoisotopic (exact) mass is 269 g/mol. The van der Waals surface area contributed by atoms with Crippen molar-refractivity contribution >= 4 is 11.9 Å². The van der Waals surface area contributed by atoms with E-state index in [0.29, 0.717) is 6.04 Å². The minimum atomic E-state index is -0.474. The van der Waals surface area contributed by atoms with Crippen molar-refractivity contribution < 1.29 is 14.3 Å². The van der Waals surface area contributed by atoms with Gasteiger partial charge in [0.05, 0.1) is 6.42 Å². The Morgan fingerprint density at radius 2 is 1.84 bits per heavy atom. The fourth-order valence-electron chi connectivity index (χ4n) is 1.97. The van der Waals surface area contributed by atoms with E-state index in [1.165, 1.54) is 0 Å². The number of ether oxygens (including phenoxy) is 1. The molecule has 1 aliphatic rings. The summed E-state index contributed by atoms with van der Waals surface area (Å²) >= 11 is 0. The van der Waals surface area contributed by atoms with E-state index in [1.807, 2.05) is 25.7 Å². The molecule has 0 bridgehead atoms. The van der Waals surface area contributed by atoms with E-state index in [-0.39, 0.29) is 24.7 Å². The van der Waals surface area contributed by atoms with Crippen molar-refractivity contribution in [1.82, 2.24) is 4.90 Å². The third kappa shape index (κ3) is 6.60. The average Bonchev–Trinajstić information content (AvgIpc) is 3.09. The normalized spacial score (nSPS) is 15.2. The third-order valence-electron chi connectivity index (χ3n) is 3.02. The predicted molar refractivity (Wildman–Crippen MR) is 74.7 cm³/mol. The van der Waals surface area contributed by atoms with Gasteiger partial charge in [0.15, 0.2) is 0 Å². The number of carbonyl (C=O) groups excluding carboxylic acids is 2. The molecule has 1 amide bonds. The number of nitrogens with zero attached hydrogens (tertiary/aromatic N) is 1. The molecule has 19 heavy (non-hydrogen) atoms. The van der Waals surface area contributed by atoms with Gasteiger partial charge in [0, 0.05) is 19.0 Å². The molecular weight excluding hydrogens is 242 g/mol. The highest BCUT2D eigenvalue weighted by atomic mass is 16.6. The van der Waals surface area contributed by atoms with Gasteiger partial charge in [-0.25, -0.2) is 0 Å². The second-order valence-corrected chi connectivity index (χ2v) is 6.26. The fourth-order valence-corrected chi connectivity index (χ4v) is 1.97. The van der Waals surface area contributed by atoms with Gasteiger partial charge in [0.1, 0.15) is 5.60 Å². The smallest absolute Gasteiger partial charge is 0.306 e. The van der Waals surface area contributed by atoms with Crippen LogP contribution in [-0.4, -0.2) is 35.0 Å². The zero-order valence-electron chi connectivity index (χ0n) is 12.7. The minimum Gasteiger partial charge on any atom is -0.460 e. The number of rotatable bonds is 7. The van der Waals surface area contributed by atoms with Gasteiger partial charge >= 0.3 is 5.97 Å². The van der Waals surface area contributed by atoms with Gasteiger partial charge < -0.3 is 9.64 Å². The Morgan fingerprint density at radius 3 is 2.32 bits per heavy atom.